The quantitative estimate of drug-likeness (QED) is 0.876. The van der Waals surface area contributed by atoms with Crippen LogP contribution in [0, 0.1) is 5.92 Å². The van der Waals surface area contributed by atoms with Gasteiger partial charge >= 0.3 is 0 Å². The molecule has 1 aromatic rings. The van der Waals surface area contributed by atoms with E-state index in [2.05, 4.69) is 27.1 Å². The Kier molecular flexibility index (Phi) is 5.13. The van der Waals surface area contributed by atoms with Gasteiger partial charge in [-0.15, -0.1) is 0 Å². The van der Waals surface area contributed by atoms with Crippen LogP contribution >= 0.6 is 0 Å². The van der Waals surface area contributed by atoms with Gasteiger partial charge in [-0.25, -0.2) is 4.98 Å². The summed E-state index contributed by atoms with van der Waals surface area (Å²) >= 11 is 0. The van der Waals surface area contributed by atoms with Crippen LogP contribution in [0.25, 0.3) is 0 Å². The molecule has 1 aromatic heterocycles. The highest BCUT2D eigenvalue weighted by molar-refractivity contribution is 5.81. The van der Waals surface area contributed by atoms with Crippen molar-refractivity contribution in [3.05, 3.63) is 18.2 Å². The largest absolute Gasteiger partial charge is 0.352 e. The van der Waals surface area contributed by atoms with E-state index in [4.69, 9.17) is 0 Å². The minimum Gasteiger partial charge on any atom is -0.352 e. The van der Waals surface area contributed by atoms with E-state index in [9.17, 15) is 4.79 Å². The number of aromatic nitrogens is 2. The molecular formula is C17H28N4O. The number of rotatable bonds is 5. The molecule has 0 bridgehead atoms. The number of amides is 1. The maximum absolute atomic E-state index is 12.4. The molecule has 5 nitrogen and oxygen atoms in total. The van der Waals surface area contributed by atoms with Crippen LogP contribution in [0.4, 0.5) is 0 Å². The summed E-state index contributed by atoms with van der Waals surface area (Å²) < 4.78 is 0. The van der Waals surface area contributed by atoms with E-state index in [1.165, 1.54) is 12.8 Å². The van der Waals surface area contributed by atoms with Crippen molar-refractivity contribution in [3.63, 3.8) is 0 Å². The van der Waals surface area contributed by atoms with E-state index >= 15 is 0 Å². The van der Waals surface area contributed by atoms with Gasteiger partial charge in [0.15, 0.2) is 0 Å². The molecule has 0 aromatic carbocycles. The Morgan fingerprint density at radius 2 is 2.09 bits per heavy atom. The highest BCUT2D eigenvalue weighted by atomic mass is 16.2. The van der Waals surface area contributed by atoms with Crippen LogP contribution in [0.15, 0.2) is 12.4 Å². The molecule has 0 unspecified atom stereocenters. The highest BCUT2D eigenvalue weighted by Gasteiger charge is 2.28. The van der Waals surface area contributed by atoms with Crippen LogP contribution in [0.5, 0.6) is 0 Å². The molecule has 3 rings (SSSR count). The summed E-state index contributed by atoms with van der Waals surface area (Å²) in [6.45, 7) is 4.09. The molecule has 2 heterocycles. The van der Waals surface area contributed by atoms with E-state index in [-0.39, 0.29) is 11.9 Å². The molecule has 1 aliphatic carbocycles. The monoisotopic (exact) mass is 304 g/mol. The Hall–Kier alpha value is -1.36. The van der Waals surface area contributed by atoms with Crippen LogP contribution in [-0.2, 0) is 11.2 Å². The molecule has 0 spiro atoms. The molecule has 2 fully saturated rings. The summed E-state index contributed by atoms with van der Waals surface area (Å²) in [5.41, 5.74) is 0. The second kappa shape index (κ2) is 7.27. The number of imidazole rings is 1. The summed E-state index contributed by atoms with van der Waals surface area (Å²) in [5, 5.41) is 3.23. The maximum atomic E-state index is 12.4. The predicted molar refractivity (Wildman–Crippen MR) is 86.4 cm³/mol. The van der Waals surface area contributed by atoms with Gasteiger partial charge in [-0.2, -0.15) is 0 Å². The Morgan fingerprint density at radius 1 is 1.36 bits per heavy atom. The minimum absolute atomic E-state index is 0.00478. The molecule has 0 radical (unpaired) electrons. The lowest BCUT2D eigenvalue weighted by atomic mass is 9.92. The lowest BCUT2D eigenvalue weighted by molar-refractivity contribution is -0.127. The maximum Gasteiger partial charge on any atom is 0.237 e. The van der Waals surface area contributed by atoms with Gasteiger partial charge in [-0.1, -0.05) is 12.8 Å². The number of likely N-dealkylation sites (tertiary alicyclic amines) is 1. The number of nitrogens with zero attached hydrogens (tertiary/aromatic N) is 2. The van der Waals surface area contributed by atoms with E-state index in [0.717, 1.165) is 51.0 Å². The first-order valence-electron chi connectivity index (χ1n) is 8.75. The zero-order valence-electron chi connectivity index (χ0n) is 13.6. The van der Waals surface area contributed by atoms with Crippen LogP contribution in [0.2, 0.25) is 0 Å². The van der Waals surface area contributed by atoms with Crippen molar-refractivity contribution in [1.82, 2.24) is 20.2 Å². The van der Waals surface area contributed by atoms with Crippen molar-refractivity contribution in [2.75, 3.05) is 13.1 Å². The normalized spacial score (nSPS) is 22.8. The average Bonchev–Trinajstić information content (AvgIpc) is 3.21. The summed E-state index contributed by atoms with van der Waals surface area (Å²) in [7, 11) is 0. The van der Waals surface area contributed by atoms with Crippen LogP contribution < -0.4 is 5.32 Å². The Bertz CT molecular complexity index is 459. The molecule has 2 N–H and O–H groups in total. The Balaban J connectivity index is 1.42. The summed E-state index contributed by atoms with van der Waals surface area (Å²) in [6, 6.07) is 0.427. The minimum atomic E-state index is 0.00478. The molecule has 1 amide bonds. The predicted octanol–water partition coefficient (Wildman–Crippen LogP) is 2.11. The first kappa shape index (κ1) is 15.5. The third-order valence-corrected chi connectivity index (χ3v) is 5.31. The second-order valence-electron chi connectivity index (χ2n) is 6.89. The first-order valence-corrected chi connectivity index (χ1v) is 8.75. The number of hydrogen-bond donors (Lipinski definition) is 2. The van der Waals surface area contributed by atoms with E-state index in [1.807, 2.05) is 12.4 Å². The molecule has 1 atom stereocenters. The van der Waals surface area contributed by atoms with Crippen molar-refractivity contribution in [3.8, 4) is 0 Å². The van der Waals surface area contributed by atoms with Crippen molar-refractivity contribution in [2.45, 2.75) is 64.0 Å². The zero-order chi connectivity index (χ0) is 15.4. The standard InChI is InChI=1S/C17H28N4O/c1-13(17(22)20-15-4-2-3-5-15)21-10-6-14(7-11-21)12-16-18-8-9-19-16/h8-9,13-15H,2-7,10-12H2,1H3,(H,18,19)(H,20,22)/t13-/m0/s1. The molecule has 1 saturated heterocycles. The van der Waals surface area contributed by atoms with E-state index < -0.39 is 0 Å². The second-order valence-corrected chi connectivity index (χ2v) is 6.89. The number of hydrogen-bond acceptors (Lipinski definition) is 3. The molecule has 22 heavy (non-hydrogen) atoms. The fourth-order valence-electron chi connectivity index (χ4n) is 3.79. The van der Waals surface area contributed by atoms with Crippen molar-refractivity contribution in [1.29, 1.82) is 0 Å². The third-order valence-electron chi connectivity index (χ3n) is 5.31. The van der Waals surface area contributed by atoms with Crippen molar-refractivity contribution < 1.29 is 4.79 Å². The summed E-state index contributed by atoms with van der Waals surface area (Å²) in [5.74, 6) is 1.99. The third kappa shape index (κ3) is 3.88. The molecule has 2 aliphatic rings. The van der Waals surface area contributed by atoms with Gasteiger partial charge in [-0.05, 0) is 51.6 Å². The fraction of sp³-hybridized carbons (Fsp3) is 0.765. The Morgan fingerprint density at radius 3 is 2.73 bits per heavy atom. The number of piperidine rings is 1. The van der Waals surface area contributed by atoms with Crippen molar-refractivity contribution in [2.24, 2.45) is 5.92 Å². The Labute approximate surface area is 132 Å². The number of nitrogens with one attached hydrogen (secondary N) is 2. The van der Waals surface area contributed by atoms with Gasteiger partial charge < -0.3 is 10.3 Å². The zero-order valence-corrected chi connectivity index (χ0v) is 13.6. The van der Waals surface area contributed by atoms with Gasteiger partial charge in [0.25, 0.3) is 0 Å². The van der Waals surface area contributed by atoms with Crippen LogP contribution in [0.3, 0.4) is 0 Å². The highest BCUT2D eigenvalue weighted by Crippen LogP contribution is 2.22. The van der Waals surface area contributed by atoms with Gasteiger partial charge in [0, 0.05) is 24.9 Å². The van der Waals surface area contributed by atoms with Gasteiger partial charge in [0.2, 0.25) is 5.91 Å². The first-order chi connectivity index (χ1) is 10.7. The summed E-state index contributed by atoms with van der Waals surface area (Å²) in [4.78, 5) is 22.2. The van der Waals surface area contributed by atoms with Crippen LogP contribution in [0.1, 0.15) is 51.3 Å². The number of aromatic amines is 1. The van der Waals surface area contributed by atoms with Gasteiger partial charge in [-0.3, -0.25) is 9.69 Å². The number of H-pyrrole nitrogens is 1. The smallest absolute Gasteiger partial charge is 0.237 e. The van der Waals surface area contributed by atoms with E-state index in [1.54, 1.807) is 0 Å². The topological polar surface area (TPSA) is 61.0 Å². The van der Waals surface area contributed by atoms with Gasteiger partial charge in [0.05, 0.1) is 6.04 Å². The lowest BCUT2D eigenvalue weighted by Crippen LogP contribution is -2.50. The number of carbonyl (C=O) groups excluding carboxylic acids is 1. The van der Waals surface area contributed by atoms with Crippen LogP contribution in [-0.4, -0.2) is 45.9 Å². The fourth-order valence-corrected chi connectivity index (χ4v) is 3.79. The number of carbonyl (C=O) groups is 1. The molecule has 122 valence electrons. The lowest BCUT2D eigenvalue weighted by Gasteiger charge is -2.35. The SMILES string of the molecule is C[C@@H](C(=O)NC1CCCC1)N1CCC(Cc2ncc[nH]2)CC1. The molecule has 1 aliphatic heterocycles. The summed E-state index contributed by atoms with van der Waals surface area (Å²) in [6.07, 6.45) is 11.9. The molecule has 5 heteroatoms. The van der Waals surface area contributed by atoms with E-state index in [0.29, 0.717) is 12.0 Å². The molecular weight excluding hydrogens is 276 g/mol. The van der Waals surface area contributed by atoms with Gasteiger partial charge in [0.1, 0.15) is 5.82 Å². The average molecular weight is 304 g/mol. The van der Waals surface area contributed by atoms with Crippen molar-refractivity contribution >= 4 is 5.91 Å². The molecule has 1 saturated carbocycles.